The predicted molar refractivity (Wildman–Crippen MR) is 85.6 cm³/mol. The molecule has 0 radical (unpaired) electrons. The first-order valence-electron chi connectivity index (χ1n) is 6.71. The summed E-state index contributed by atoms with van der Waals surface area (Å²) in [5.41, 5.74) is 7.24. The Morgan fingerprint density at radius 2 is 2.21 bits per heavy atom. The molecule has 0 aliphatic heterocycles. The Balaban J connectivity index is 2.32. The summed E-state index contributed by atoms with van der Waals surface area (Å²) in [6.07, 6.45) is 3.99. The third kappa shape index (κ3) is 5.53. The van der Waals surface area contributed by atoms with Crippen molar-refractivity contribution in [1.29, 1.82) is 0 Å². The SMILES string of the molecule is CC(C)N(C)CCCCNc1cccnc1C(N)=S. The Kier molecular flexibility index (Phi) is 6.73. The molecule has 0 saturated heterocycles. The first-order valence-corrected chi connectivity index (χ1v) is 7.12. The van der Waals surface area contributed by atoms with Crippen molar-refractivity contribution >= 4 is 22.9 Å². The number of hydrogen-bond acceptors (Lipinski definition) is 4. The molecule has 0 unspecified atom stereocenters. The van der Waals surface area contributed by atoms with Crippen LogP contribution in [0.5, 0.6) is 0 Å². The van der Waals surface area contributed by atoms with Crippen LogP contribution in [-0.4, -0.2) is 41.1 Å². The molecule has 0 aromatic carbocycles. The molecule has 1 heterocycles. The van der Waals surface area contributed by atoms with Gasteiger partial charge in [-0.05, 0) is 52.4 Å². The highest BCUT2D eigenvalue weighted by Crippen LogP contribution is 2.12. The van der Waals surface area contributed by atoms with Crippen LogP contribution in [0.1, 0.15) is 32.4 Å². The maximum Gasteiger partial charge on any atom is 0.124 e. The van der Waals surface area contributed by atoms with E-state index in [0.717, 1.165) is 25.2 Å². The molecule has 0 bridgehead atoms. The third-order valence-corrected chi connectivity index (χ3v) is 3.37. The number of nitrogens with zero attached hydrogens (tertiary/aromatic N) is 2. The number of pyridine rings is 1. The average molecular weight is 280 g/mol. The Morgan fingerprint density at radius 3 is 2.84 bits per heavy atom. The van der Waals surface area contributed by atoms with Crippen molar-refractivity contribution in [2.75, 3.05) is 25.5 Å². The highest BCUT2D eigenvalue weighted by molar-refractivity contribution is 7.80. The summed E-state index contributed by atoms with van der Waals surface area (Å²) in [5.74, 6) is 0. The normalized spacial score (nSPS) is 11.0. The molecule has 0 amide bonds. The fourth-order valence-electron chi connectivity index (χ4n) is 1.71. The number of unbranched alkanes of at least 4 members (excludes halogenated alkanes) is 1. The zero-order chi connectivity index (χ0) is 14.3. The fraction of sp³-hybridized carbons (Fsp3) is 0.571. The van der Waals surface area contributed by atoms with E-state index in [9.17, 15) is 0 Å². The van der Waals surface area contributed by atoms with Gasteiger partial charge in [0.25, 0.3) is 0 Å². The average Bonchev–Trinajstić information content (AvgIpc) is 2.38. The van der Waals surface area contributed by atoms with Crippen LogP contribution >= 0.6 is 12.2 Å². The molecular weight excluding hydrogens is 256 g/mol. The van der Waals surface area contributed by atoms with Gasteiger partial charge in [0.2, 0.25) is 0 Å². The minimum Gasteiger partial charge on any atom is -0.388 e. The molecule has 19 heavy (non-hydrogen) atoms. The van der Waals surface area contributed by atoms with Crippen LogP contribution in [0.15, 0.2) is 18.3 Å². The lowest BCUT2D eigenvalue weighted by atomic mass is 10.2. The van der Waals surface area contributed by atoms with Gasteiger partial charge in [-0.2, -0.15) is 0 Å². The zero-order valence-corrected chi connectivity index (χ0v) is 12.8. The molecule has 0 aliphatic carbocycles. The number of thiocarbonyl (C=S) groups is 1. The fourth-order valence-corrected chi connectivity index (χ4v) is 1.87. The van der Waals surface area contributed by atoms with Crippen molar-refractivity contribution in [2.24, 2.45) is 5.73 Å². The van der Waals surface area contributed by atoms with Crippen molar-refractivity contribution in [3.63, 3.8) is 0 Å². The predicted octanol–water partition coefficient (Wildman–Crippen LogP) is 2.25. The highest BCUT2D eigenvalue weighted by atomic mass is 32.1. The van der Waals surface area contributed by atoms with Gasteiger partial charge in [-0.3, -0.25) is 4.98 Å². The van der Waals surface area contributed by atoms with Gasteiger partial charge < -0.3 is 16.0 Å². The molecule has 1 aromatic heterocycles. The van der Waals surface area contributed by atoms with E-state index >= 15 is 0 Å². The van der Waals surface area contributed by atoms with Crippen molar-refractivity contribution in [3.8, 4) is 0 Å². The van der Waals surface area contributed by atoms with Crippen LogP contribution in [0, 0.1) is 0 Å². The Hall–Kier alpha value is -1.20. The summed E-state index contributed by atoms with van der Waals surface area (Å²) in [6.45, 7) is 6.45. The van der Waals surface area contributed by atoms with Crippen LogP contribution < -0.4 is 11.1 Å². The molecule has 0 saturated carbocycles. The van der Waals surface area contributed by atoms with E-state index in [1.54, 1.807) is 6.20 Å². The number of rotatable bonds is 8. The number of hydrogen-bond donors (Lipinski definition) is 2. The van der Waals surface area contributed by atoms with Gasteiger partial charge >= 0.3 is 0 Å². The monoisotopic (exact) mass is 280 g/mol. The van der Waals surface area contributed by atoms with E-state index in [1.807, 2.05) is 12.1 Å². The minimum atomic E-state index is 0.336. The Morgan fingerprint density at radius 1 is 1.47 bits per heavy atom. The second kappa shape index (κ2) is 8.07. The molecule has 3 N–H and O–H groups in total. The van der Waals surface area contributed by atoms with Gasteiger partial charge in [0, 0.05) is 18.8 Å². The van der Waals surface area contributed by atoms with Crippen LogP contribution in [0.25, 0.3) is 0 Å². The van der Waals surface area contributed by atoms with Crippen molar-refractivity contribution in [1.82, 2.24) is 9.88 Å². The summed E-state index contributed by atoms with van der Waals surface area (Å²) >= 11 is 4.98. The smallest absolute Gasteiger partial charge is 0.124 e. The van der Waals surface area contributed by atoms with Gasteiger partial charge in [-0.1, -0.05) is 12.2 Å². The maximum absolute atomic E-state index is 5.64. The minimum absolute atomic E-state index is 0.336. The molecule has 4 nitrogen and oxygen atoms in total. The Labute approximate surface area is 121 Å². The highest BCUT2D eigenvalue weighted by Gasteiger charge is 2.05. The van der Waals surface area contributed by atoms with Crippen LogP contribution in [0.3, 0.4) is 0 Å². The van der Waals surface area contributed by atoms with E-state index < -0.39 is 0 Å². The standard InChI is InChI=1S/C14H24N4S/c1-11(2)18(3)10-5-4-8-16-12-7-6-9-17-13(12)14(15)19/h6-7,9,11,16H,4-5,8,10H2,1-3H3,(H2,15,19). The molecule has 0 aliphatic rings. The lowest BCUT2D eigenvalue weighted by molar-refractivity contribution is 0.269. The molecular formula is C14H24N4S. The molecule has 5 heteroatoms. The lowest BCUT2D eigenvalue weighted by Gasteiger charge is -2.20. The Bertz CT molecular complexity index is 406. The van der Waals surface area contributed by atoms with Crippen molar-refractivity contribution in [3.05, 3.63) is 24.0 Å². The molecule has 0 fully saturated rings. The quantitative estimate of drug-likeness (QED) is 0.565. The van der Waals surface area contributed by atoms with E-state index in [1.165, 1.54) is 6.42 Å². The van der Waals surface area contributed by atoms with Crippen LogP contribution in [-0.2, 0) is 0 Å². The van der Waals surface area contributed by atoms with Gasteiger partial charge in [0.05, 0.1) is 5.69 Å². The number of nitrogens with one attached hydrogen (secondary N) is 1. The first-order chi connectivity index (χ1) is 9.02. The lowest BCUT2D eigenvalue weighted by Crippen LogP contribution is -2.27. The molecule has 106 valence electrons. The number of anilines is 1. The molecule has 1 rings (SSSR count). The summed E-state index contributed by atoms with van der Waals surface area (Å²) in [5, 5.41) is 3.35. The maximum atomic E-state index is 5.64. The van der Waals surface area contributed by atoms with E-state index in [-0.39, 0.29) is 0 Å². The third-order valence-electron chi connectivity index (χ3n) is 3.18. The van der Waals surface area contributed by atoms with E-state index in [2.05, 4.69) is 36.1 Å². The zero-order valence-electron chi connectivity index (χ0n) is 12.0. The van der Waals surface area contributed by atoms with Crippen LogP contribution in [0.4, 0.5) is 5.69 Å². The second-order valence-electron chi connectivity index (χ2n) is 4.97. The van der Waals surface area contributed by atoms with Crippen LogP contribution in [0.2, 0.25) is 0 Å². The van der Waals surface area contributed by atoms with Gasteiger partial charge in [0.15, 0.2) is 0 Å². The first kappa shape index (κ1) is 15.9. The molecule has 0 spiro atoms. The largest absolute Gasteiger partial charge is 0.388 e. The topological polar surface area (TPSA) is 54.2 Å². The summed E-state index contributed by atoms with van der Waals surface area (Å²) < 4.78 is 0. The second-order valence-corrected chi connectivity index (χ2v) is 5.41. The van der Waals surface area contributed by atoms with Crippen molar-refractivity contribution < 1.29 is 0 Å². The van der Waals surface area contributed by atoms with Crippen molar-refractivity contribution in [2.45, 2.75) is 32.7 Å². The molecule has 0 atom stereocenters. The molecule has 1 aromatic rings. The van der Waals surface area contributed by atoms with Gasteiger partial charge in [-0.25, -0.2) is 0 Å². The number of nitrogens with two attached hydrogens (primary N) is 1. The number of aromatic nitrogens is 1. The van der Waals surface area contributed by atoms with Gasteiger partial charge in [-0.15, -0.1) is 0 Å². The summed E-state index contributed by atoms with van der Waals surface area (Å²) in [7, 11) is 2.16. The summed E-state index contributed by atoms with van der Waals surface area (Å²) in [4.78, 5) is 6.88. The van der Waals surface area contributed by atoms with Gasteiger partial charge in [0.1, 0.15) is 10.7 Å². The summed E-state index contributed by atoms with van der Waals surface area (Å²) in [6, 6.07) is 4.45. The van der Waals surface area contributed by atoms with E-state index in [4.69, 9.17) is 18.0 Å². The van der Waals surface area contributed by atoms with E-state index in [0.29, 0.717) is 16.7 Å².